The lowest BCUT2D eigenvalue weighted by atomic mass is 10.1. The molecule has 5 heteroatoms. The topological polar surface area (TPSA) is 61.4 Å². The second-order valence-corrected chi connectivity index (χ2v) is 7.03. The van der Waals surface area contributed by atoms with E-state index in [4.69, 9.17) is 5.11 Å². The number of rotatable bonds is 7. The van der Waals surface area contributed by atoms with Gasteiger partial charge in [-0.3, -0.25) is 0 Å². The van der Waals surface area contributed by atoms with Crippen LogP contribution in [0.25, 0.3) is 0 Å². The van der Waals surface area contributed by atoms with Crippen LogP contribution in [-0.4, -0.2) is 29.0 Å². The standard InChI is InChI=1S/C16H26N2O2S/c1-11(2)21-10-14-6-5-7-15(13(14)4)18-16(20)17-12(3)8-9-19/h5-7,11-12,19H,8-10H2,1-4H3,(H2,17,18,20)/t12-/m1/s1. The molecule has 0 saturated heterocycles. The van der Waals surface area contributed by atoms with Gasteiger partial charge in [0.05, 0.1) is 0 Å². The van der Waals surface area contributed by atoms with Crippen molar-refractivity contribution >= 4 is 23.5 Å². The summed E-state index contributed by atoms with van der Waals surface area (Å²) in [7, 11) is 0. The van der Waals surface area contributed by atoms with Gasteiger partial charge in [-0.15, -0.1) is 0 Å². The van der Waals surface area contributed by atoms with Crippen molar-refractivity contribution in [2.24, 2.45) is 0 Å². The first-order chi connectivity index (χ1) is 9.93. The maximum Gasteiger partial charge on any atom is 0.319 e. The molecule has 1 aromatic carbocycles. The van der Waals surface area contributed by atoms with Crippen LogP contribution in [0.4, 0.5) is 10.5 Å². The average molecular weight is 310 g/mol. The highest BCUT2D eigenvalue weighted by Crippen LogP contribution is 2.24. The Bertz CT molecular complexity index is 464. The van der Waals surface area contributed by atoms with Crippen molar-refractivity contribution in [3.05, 3.63) is 29.3 Å². The van der Waals surface area contributed by atoms with E-state index < -0.39 is 0 Å². The van der Waals surface area contributed by atoms with E-state index in [9.17, 15) is 4.79 Å². The Morgan fingerprint density at radius 2 is 2.05 bits per heavy atom. The number of thioether (sulfide) groups is 1. The normalized spacial score (nSPS) is 12.3. The van der Waals surface area contributed by atoms with Crippen molar-refractivity contribution < 1.29 is 9.90 Å². The summed E-state index contributed by atoms with van der Waals surface area (Å²) in [4.78, 5) is 11.9. The van der Waals surface area contributed by atoms with Crippen molar-refractivity contribution in [1.29, 1.82) is 0 Å². The maximum atomic E-state index is 11.9. The Morgan fingerprint density at radius 3 is 2.67 bits per heavy atom. The summed E-state index contributed by atoms with van der Waals surface area (Å²) in [5.41, 5.74) is 3.19. The van der Waals surface area contributed by atoms with Gasteiger partial charge in [0.2, 0.25) is 0 Å². The highest BCUT2D eigenvalue weighted by Gasteiger charge is 2.10. The van der Waals surface area contributed by atoms with Crippen LogP contribution in [0, 0.1) is 6.92 Å². The molecule has 118 valence electrons. The molecule has 0 aliphatic carbocycles. The Labute approximate surface area is 131 Å². The predicted molar refractivity (Wildman–Crippen MR) is 90.9 cm³/mol. The molecular weight excluding hydrogens is 284 g/mol. The van der Waals surface area contributed by atoms with E-state index in [2.05, 4.69) is 30.5 Å². The molecular formula is C16H26N2O2S. The van der Waals surface area contributed by atoms with Crippen molar-refractivity contribution in [3.63, 3.8) is 0 Å². The number of carbonyl (C=O) groups excluding carboxylic acids is 1. The maximum absolute atomic E-state index is 11.9. The van der Waals surface area contributed by atoms with Crippen LogP contribution in [0.2, 0.25) is 0 Å². The van der Waals surface area contributed by atoms with Gasteiger partial charge in [-0.1, -0.05) is 26.0 Å². The fourth-order valence-corrected chi connectivity index (χ4v) is 2.71. The van der Waals surface area contributed by atoms with Crippen LogP contribution < -0.4 is 10.6 Å². The van der Waals surface area contributed by atoms with E-state index in [0.717, 1.165) is 17.0 Å². The molecule has 0 unspecified atom stereocenters. The molecule has 0 fully saturated rings. The number of nitrogens with one attached hydrogen (secondary N) is 2. The number of anilines is 1. The summed E-state index contributed by atoms with van der Waals surface area (Å²) >= 11 is 1.89. The number of amides is 2. The smallest absolute Gasteiger partial charge is 0.319 e. The van der Waals surface area contributed by atoms with Gasteiger partial charge in [0.15, 0.2) is 0 Å². The van der Waals surface area contributed by atoms with E-state index in [1.807, 2.05) is 37.7 Å². The molecule has 21 heavy (non-hydrogen) atoms. The molecule has 1 aromatic rings. The molecule has 0 spiro atoms. The minimum absolute atomic E-state index is 0.0463. The Morgan fingerprint density at radius 1 is 1.33 bits per heavy atom. The monoisotopic (exact) mass is 310 g/mol. The molecule has 3 N–H and O–H groups in total. The number of aliphatic hydroxyl groups is 1. The van der Waals surface area contributed by atoms with Gasteiger partial charge in [-0.2, -0.15) is 11.8 Å². The van der Waals surface area contributed by atoms with Crippen molar-refractivity contribution in [2.75, 3.05) is 11.9 Å². The number of benzene rings is 1. The minimum Gasteiger partial charge on any atom is -0.396 e. The van der Waals surface area contributed by atoms with Crippen LogP contribution in [-0.2, 0) is 5.75 Å². The van der Waals surface area contributed by atoms with E-state index in [1.165, 1.54) is 5.56 Å². The van der Waals surface area contributed by atoms with Gasteiger partial charge in [-0.25, -0.2) is 4.79 Å². The van der Waals surface area contributed by atoms with Gasteiger partial charge in [0.1, 0.15) is 0 Å². The number of hydrogen-bond donors (Lipinski definition) is 3. The first kappa shape index (κ1) is 17.9. The molecule has 0 heterocycles. The van der Waals surface area contributed by atoms with Gasteiger partial charge in [-0.05, 0) is 42.7 Å². The largest absolute Gasteiger partial charge is 0.396 e. The van der Waals surface area contributed by atoms with Crippen molar-refractivity contribution in [2.45, 2.75) is 51.2 Å². The van der Waals surface area contributed by atoms with Gasteiger partial charge in [0.25, 0.3) is 0 Å². The molecule has 1 atom stereocenters. The van der Waals surface area contributed by atoms with Crippen molar-refractivity contribution in [1.82, 2.24) is 5.32 Å². The summed E-state index contributed by atoms with van der Waals surface area (Å²) in [5.74, 6) is 0.946. The fourth-order valence-electron chi connectivity index (χ4n) is 1.88. The molecule has 0 bridgehead atoms. The summed E-state index contributed by atoms with van der Waals surface area (Å²) in [5, 5.41) is 15.1. The first-order valence-corrected chi connectivity index (χ1v) is 8.37. The lowest BCUT2D eigenvalue weighted by Gasteiger charge is -2.16. The minimum atomic E-state index is -0.229. The number of aliphatic hydroxyl groups excluding tert-OH is 1. The van der Waals surface area contributed by atoms with Crippen LogP contribution >= 0.6 is 11.8 Å². The molecule has 0 aromatic heterocycles. The van der Waals surface area contributed by atoms with Crippen molar-refractivity contribution in [3.8, 4) is 0 Å². The number of urea groups is 1. The third kappa shape index (κ3) is 6.40. The predicted octanol–water partition coefficient (Wildman–Crippen LogP) is 3.53. The highest BCUT2D eigenvalue weighted by molar-refractivity contribution is 7.99. The van der Waals surface area contributed by atoms with E-state index in [-0.39, 0.29) is 18.7 Å². The average Bonchev–Trinajstić information content (AvgIpc) is 2.39. The summed E-state index contributed by atoms with van der Waals surface area (Å²) in [6.07, 6.45) is 0.553. The SMILES string of the molecule is Cc1c(CSC(C)C)cccc1NC(=O)N[C@H](C)CCO. The summed E-state index contributed by atoms with van der Waals surface area (Å²) in [6, 6.07) is 5.70. The highest BCUT2D eigenvalue weighted by atomic mass is 32.2. The Kier molecular flexibility index (Phi) is 7.61. The van der Waals surface area contributed by atoms with Crippen LogP contribution in [0.5, 0.6) is 0 Å². The fraction of sp³-hybridized carbons (Fsp3) is 0.562. The zero-order valence-corrected chi connectivity index (χ0v) is 14.1. The van der Waals surface area contributed by atoms with Crippen LogP contribution in [0.1, 0.15) is 38.3 Å². The molecule has 0 saturated carbocycles. The van der Waals surface area contributed by atoms with Gasteiger partial charge >= 0.3 is 6.03 Å². The molecule has 0 aliphatic heterocycles. The van der Waals surface area contributed by atoms with Gasteiger partial charge in [0, 0.05) is 24.1 Å². The third-order valence-corrected chi connectivity index (χ3v) is 4.35. The first-order valence-electron chi connectivity index (χ1n) is 7.32. The van der Waals surface area contributed by atoms with E-state index in [0.29, 0.717) is 11.7 Å². The zero-order valence-electron chi connectivity index (χ0n) is 13.3. The summed E-state index contributed by atoms with van der Waals surface area (Å²) in [6.45, 7) is 8.33. The molecule has 1 rings (SSSR count). The van der Waals surface area contributed by atoms with Gasteiger partial charge < -0.3 is 15.7 Å². The lowest BCUT2D eigenvalue weighted by molar-refractivity contribution is 0.241. The zero-order chi connectivity index (χ0) is 15.8. The van der Waals surface area contributed by atoms with Crippen LogP contribution in [0.3, 0.4) is 0 Å². The Balaban J connectivity index is 2.66. The lowest BCUT2D eigenvalue weighted by Crippen LogP contribution is -2.36. The third-order valence-electron chi connectivity index (χ3n) is 3.21. The molecule has 4 nitrogen and oxygen atoms in total. The van der Waals surface area contributed by atoms with E-state index in [1.54, 1.807) is 0 Å². The quantitative estimate of drug-likeness (QED) is 0.722. The molecule has 0 aliphatic rings. The number of carbonyl (C=O) groups is 1. The number of hydrogen-bond acceptors (Lipinski definition) is 3. The molecule has 2 amide bonds. The summed E-state index contributed by atoms with van der Waals surface area (Å²) < 4.78 is 0. The van der Waals surface area contributed by atoms with E-state index >= 15 is 0 Å². The second kappa shape index (κ2) is 8.95. The second-order valence-electron chi connectivity index (χ2n) is 5.46. The van der Waals surface area contributed by atoms with Crippen LogP contribution in [0.15, 0.2) is 18.2 Å². The molecule has 0 radical (unpaired) electrons. The Hall–Kier alpha value is -1.20.